The van der Waals surface area contributed by atoms with Crippen LogP contribution in [0.4, 0.5) is 0 Å². The van der Waals surface area contributed by atoms with E-state index in [4.69, 9.17) is 0 Å². The van der Waals surface area contributed by atoms with E-state index in [1.807, 2.05) is 18.2 Å². The lowest BCUT2D eigenvalue weighted by Gasteiger charge is -2.33. The van der Waals surface area contributed by atoms with Gasteiger partial charge in [0.1, 0.15) is 0 Å². The molecule has 1 aromatic rings. The largest absolute Gasteiger partial charge is 0.785 e. The third kappa shape index (κ3) is 10.1. The Labute approximate surface area is 150 Å². The van der Waals surface area contributed by atoms with Crippen molar-refractivity contribution in [2.75, 3.05) is 7.05 Å². The highest BCUT2D eigenvalue weighted by atomic mass is 16.5. The Balaban J connectivity index is 1.99. The fourth-order valence-electron chi connectivity index (χ4n) is 3.41. The second-order valence-corrected chi connectivity index (χ2v) is 7.15. The Hall–Kier alpha value is -0.860. The van der Waals surface area contributed by atoms with Crippen LogP contribution < -0.4 is 0 Å². The van der Waals surface area contributed by atoms with Gasteiger partial charge in [0.05, 0.1) is 0 Å². The van der Waals surface area contributed by atoms with Gasteiger partial charge in [-0.15, -0.1) is 0 Å². The first-order valence-corrected chi connectivity index (χ1v) is 10.2. The normalized spacial score (nSPS) is 12.7. The van der Waals surface area contributed by atoms with Crippen LogP contribution in [0.15, 0.2) is 30.3 Å². The van der Waals surface area contributed by atoms with Gasteiger partial charge < -0.3 is 10.3 Å². The SMILES string of the molecule is CCCCCCCCCCCCCCC(c1ccccc1)N(C)[O-]. The van der Waals surface area contributed by atoms with Gasteiger partial charge in [-0.2, -0.15) is 0 Å². The molecule has 1 aromatic carbocycles. The van der Waals surface area contributed by atoms with Crippen molar-refractivity contribution in [3.63, 3.8) is 0 Å². The molecule has 2 nitrogen and oxygen atoms in total. The summed E-state index contributed by atoms with van der Waals surface area (Å²) in [5, 5.41) is 12.9. The predicted octanol–water partition coefficient (Wildman–Crippen LogP) is 7.25. The molecule has 0 radical (unpaired) electrons. The molecule has 1 atom stereocenters. The van der Waals surface area contributed by atoms with Crippen LogP contribution in [0, 0.1) is 5.21 Å². The third-order valence-electron chi connectivity index (χ3n) is 4.95. The Bertz CT molecular complexity index is 377. The molecule has 0 bridgehead atoms. The van der Waals surface area contributed by atoms with E-state index in [1.165, 1.54) is 70.6 Å². The van der Waals surface area contributed by atoms with Crippen LogP contribution in [-0.2, 0) is 0 Å². The summed E-state index contributed by atoms with van der Waals surface area (Å²) in [4.78, 5) is 0. The van der Waals surface area contributed by atoms with Gasteiger partial charge in [0.2, 0.25) is 0 Å². The average Bonchev–Trinajstić information content (AvgIpc) is 2.59. The lowest BCUT2D eigenvalue weighted by Crippen LogP contribution is -2.18. The van der Waals surface area contributed by atoms with Gasteiger partial charge in [-0.25, -0.2) is 0 Å². The summed E-state index contributed by atoms with van der Waals surface area (Å²) in [6.45, 7) is 2.27. The van der Waals surface area contributed by atoms with Gasteiger partial charge in [0.15, 0.2) is 0 Å². The molecule has 0 aromatic heterocycles. The molecule has 0 saturated carbocycles. The van der Waals surface area contributed by atoms with Crippen molar-refractivity contribution in [3.8, 4) is 0 Å². The monoisotopic (exact) mass is 332 g/mol. The molecule has 0 aliphatic carbocycles. The molecule has 0 spiro atoms. The Kier molecular flexibility index (Phi) is 12.8. The van der Waals surface area contributed by atoms with E-state index in [2.05, 4.69) is 19.1 Å². The van der Waals surface area contributed by atoms with Crippen LogP contribution in [0.3, 0.4) is 0 Å². The van der Waals surface area contributed by atoms with E-state index in [9.17, 15) is 5.21 Å². The highest BCUT2D eigenvalue weighted by Crippen LogP contribution is 2.25. The quantitative estimate of drug-likeness (QED) is 0.250. The van der Waals surface area contributed by atoms with Crippen LogP contribution in [-0.4, -0.2) is 12.1 Å². The zero-order valence-corrected chi connectivity index (χ0v) is 16.0. The lowest BCUT2D eigenvalue weighted by atomic mass is 9.99. The summed E-state index contributed by atoms with van der Waals surface area (Å²) in [6.07, 6.45) is 17.3. The minimum absolute atomic E-state index is 0.0225. The maximum absolute atomic E-state index is 11.8. The van der Waals surface area contributed by atoms with Crippen molar-refractivity contribution in [1.29, 1.82) is 0 Å². The third-order valence-corrected chi connectivity index (χ3v) is 4.95. The van der Waals surface area contributed by atoms with Crippen molar-refractivity contribution in [2.45, 2.75) is 96.4 Å². The predicted molar refractivity (Wildman–Crippen MR) is 106 cm³/mol. The molecule has 2 heteroatoms. The number of hydrogen-bond donors (Lipinski definition) is 0. The van der Waals surface area contributed by atoms with Gasteiger partial charge in [0, 0.05) is 6.04 Å². The minimum Gasteiger partial charge on any atom is -0.785 e. The number of benzene rings is 1. The maximum Gasteiger partial charge on any atom is 0.0229 e. The molecular formula is C22H38NO-. The molecule has 0 N–H and O–H groups in total. The summed E-state index contributed by atoms with van der Waals surface area (Å²) in [7, 11) is 1.65. The van der Waals surface area contributed by atoms with Crippen molar-refractivity contribution in [1.82, 2.24) is 5.06 Å². The maximum atomic E-state index is 11.8. The van der Waals surface area contributed by atoms with Crippen molar-refractivity contribution in [2.24, 2.45) is 0 Å². The van der Waals surface area contributed by atoms with Gasteiger partial charge in [-0.05, 0) is 19.0 Å². The molecule has 0 aliphatic heterocycles. The Morgan fingerprint density at radius 1 is 0.750 bits per heavy atom. The highest BCUT2D eigenvalue weighted by Gasteiger charge is 2.09. The summed E-state index contributed by atoms with van der Waals surface area (Å²) in [5.74, 6) is 0. The van der Waals surface area contributed by atoms with Crippen LogP contribution in [0.25, 0.3) is 0 Å². The number of nitrogens with zero attached hydrogens (tertiary/aromatic N) is 1. The van der Waals surface area contributed by atoms with Crippen LogP contribution in [0.1, 0.15) is 102 Å². The van der Waals surface area contributed by atoms with Crippen LogP contribution in [0.5, 0.6) is 0 Å². The Morgan fingerprint density at radius 3 is 1.67 bits per heavy atom. The fourth-order valence-corrected chi connectivity index (χ4v) is 3.41. The second kappa shape index (κ2) is 14.5. The van der Waals surface area contributed by atoms with Gasteiger partial charge in [-0.1, -0.05) is 114 Å². The zero-order chi connectivity index (χ0) is 17.5. The first-order chi connectivity index (χ1) is 11.8. The van der Waals surface area contributed by atoms with E-state index < -0.39 is 0 Å². The average molecular weight is 333 g/mol. The molecular weight excluding hydrogens is 294 g/mol. The van der Waals surface area contributed by atoms with Gasteiger partial charge >= 0.3 is 0 Å². The minimum atomic E-state index is 0.0225. The number of hydroxylamine groups is 2. The van der Waals surface area contributed by atoms with Crippen molar-refractivity contribution in [3.05, 3.63) is 41.1 Å². The van der Waals surface area contributed by atoms with E-state index >= 15 is 0 Å². The van der Waals surface area contributed by atoms with Gasteiger partial charge in [0.25, 0.3) is 0 Å². The van der Waals surface area contributed by atoms with Crippen LogP contribution >= 0.6 is 0 Å². The number of hydrogen-bond acceptors (Lipinski definition) is 2. The highest BCUT2D eigenvalue weighted by molar-refractivity contribution is 5.18. The molecule has 138 valence electrons. The number of unbranched alkanes of at least 4 members (excludes halogenated alkanes) is 11. The topological polar surface area (TPSA) is 26.3 Å². The molecule has 0 fully saturated rings. The standard InChI is InChI=1S/C22H38NO/c1-3-4-5-6-7-8-9-10-11-12-13-17-20-22(23(2)24)21-18-15-14-16-19-21/h14-16,18-19,22H,3-13,17,20H2,1-2H3/q-1. The molecule has 0 heterocycles. The summed E-state index contributed by atoms with van der Waals surface area (Å²) >= 11 is 0. The van der Waals surface area contributed by atoms with Crippen molar-refractivity contribution < 1.29 is 0 Å². The molecule has 0 aliphatic rings. The summed E-state index contributed by atoms with van der Waals surface area (Å²) < 4.78 is 0. The van der Waals surface area contributed by atoms with E-state index in [0.29, 0.717) is 0 Å². The zero-order valence-electron chi connectivity index (χ0n) is 16.0. The Morgan fingerprint density at radius 2 is 1.21 bits per heavy atom. The summed E-state index contributed by atoms with van der Waals surface area (Å²) in [5.41, 5.74) is 1.15. The smallest absolute Gasteiger partial charge is 0.0229 e. The van der Waals surface area contributed by atoms with E-state index in [1.54, 1.807) is 7.05 Å². The van der Waals surface area contributed by atoms with Crippen molar-refractivity contribution >= 4 is 0 Å². The number of rotatable bonds is 15. The molecule has 24 heavy (non-hydrogen) atoms. The lowest BCUT2D eigenvalue weighted by molar-refractivity contribution is 0.310. The summed E-state index contributed by atoms with van der Waals surface area (Å²) in [6, 6.07) is 10.2. The molecule has 0 amide bonds. The fraction of sp³-hybridized carbons (Fsp3) is 0.727. The second-order valence-electron chi connectivity index (χ2n) is 7.15. The molecule has 1 rings (SSSR count). The van der Waals surface area contributed by atoms with E-state index in [0.717, 1.165) is 23.5 Å². The molecule has 0 saturated heterocycles. The van der Waals surface area contributed by atoms with Crippen LogP contribution in [0.2, 0.25) is 0 Å². The molecule has 1 unspecified atom stereocenters. The first kappa shape index (κ1) is 21.2. The first-order valence-electron chi connectivity index (χ1n) is 10.2. The van der Waals surface area contributed by atoms with Gasteiger partial charge in [-0.3, -0.25) is 0 Å². The van der Waals surface area contributed by atoms with E-state index in [-0.39, 0.29) is 6.04 Å².